The quantitative estimate of drug-likeness (QED) is 0.846. The summed E-state index contributed by atoms with van der Waals surface area (Å²) < 4.78 is 0. The molecule has 2 aliphatic heterocycles. The van der Waals surface area contributed by atoms with Crippen molar-refractivity contribution in [3.63, 3.8) is 0 Å². The van der Waals surface area contributed by atoms with E-state index in [0.717, 1.165) is 24.9 Å². The summed E-state index contributed by atoms with van der Waals surface area (Å²) in [5.41, 5.74) is 0. The number of carboxylic acid groups (broad SMARTS) is 1. The molecule has 0 bridgehead atoms. The van der Waals surface area contributed by atoms with Crippen LogP contribution in [0.5, 0.6) is 0 Å². The number of hydrogen-bond acceptors (Lipinski definition) is 3. The number of likely N-dealkylation sites (tertiary alicyclic amines) is 2. The molecule has 3 atom stereocenters. The lowest BCUT2D eigenvalue weighted by Crippen LogP contribution is -2.52. The van der Waals surface area contributed by atoms with Crippen molar-refractivity contribution >= 4 is 5.97 Å². The summed E-state index contributed by atoms with van der Waals surface area (Å²) in [5.74, 6) is 0.929. The van der Waals surface area contributed by atoms with Gasteiger partial charge in [-0.05, 0) is 37.6 Å². The molecule has 0 aromatic heterocycles. The van der Waals surface area contributed by atoms with Crippen molar-refractivity contribution in [2.45, 2.75) is 45.6 Å². The van der Waals surface area contributed by atoms with Gasteiger partial charge in [0.15, 0.2) is 0 Å². The minimum atomic E-state index is -0.678. The van der Waals surface area contributed by atoms with E-state index in [-0.39, 0.29) is 6.42 Å². The van der Waals surface area contributed by atoms with Gasteiger partial charge in [-0.25, -0.2) is 0 Å². The molecule has 1 N–H and O–H groups in total. The number of piperidine rings is 2. The first-order chi connectivity index (χ1) is 9.04. The highest BCUT2D eigenvalue weighted by atomic mass is 16.4. The van der Waals surface area contributed by atoms with E-state index in [2.05, 4.69) is 23.6 Å². The Kier molecular flexibility index (Phi) is 5.22. The molecule has 0 saturated carbocycles. The number of hydrogen-bond donors (Lipinski definition) is 1. The molecule has 4 nitrogen and oxygen atoms in total. The highest BCUT2D eigenvalue weighted by Crippen LogP contribution is 2.26. The van der Waals surface area contributed by atoms with Crippen molar-refractivity contribution in [3.8, 4) is 0 Å². The van der Waals surface area contributed by atoms with Crippen molar-refractivity contribution in [1.82, 2.24) is 9.80 Å². The molecule has 2 heterocycles. The zero-order valence-electron chi connectivity index (χ0n) is 12.3. The first-order valence-electron chi connectivity index (χ1n) is 7.72. The van der Waals surface area contributed by atoms with Gasteiger partial charge in [-0.3, -0.25) is 9.69 Å². The molecule has 0 aromatic rings. The molecular weight excluding hydrogens is 240 g/mol. The van der Waals surface area contributed by atoms with Gasteiger partial charge in [-0.1, -0.05) is 13.8 Å². The average Bonchev–Trinajstić information content (AvgIpc) is 2.35. The van der Waals surface area contributed by atoms with E-state index in [4.69, 9.17) is 5.11 Å². The fourth-order valence-electron chi connectivity index (χ4n) is 3.80. The van der Waals surface area contributed by atoms with Crippen LogP contribution in [0.1, 0.15) is 39.5 Å². The number of rotatable bonds is 4. The van der Waals surface area contributed by atoms with Crippen LogP contribution in [-0.4, -0.2) is 59.6 Å². The maximum atomic E-state index is 10.7. The van der Waals surface area contributed by atoms with Crippen LogP contribution in [0.3, 0.4) is 0 Å². The van der Waals surface area contributed by atoms with Crippen molar-refractivity contribution in [3.05, 3.63) is 0 Å². The topological polar surface area (TPSA) is 43.8 Å². The van der Waals surface area contributed by atoms with Crippen LogP contribution in [0.4, 0.5) is 0 Å². The Morgan fingerprint density at radius 1 is 1.21 bits per heavy atom. The lowest BCUT2D eigenvalue weighted by molar-refractivity contribution is -0.137. The van der Waals surface area contributed by atoms with Gasteiger partial charge in [0.1, 0.15) is 0 Å². The molecule has 3 unspecified atom stereocenters. The van der Waals surface area contributed by atoms with Crippen LogP contribution in [0.2, 0.25) is 0 Å². The van der Waals surface area contributed by atoms with Gasteiger partial charge in [-0.2, -0.15) is 0 Å². The van der Waals surface area contributed by atoms with Crippen molar-refractivity contribution < 1.29 is 9.90 Å². The van der Waals surface area contributed by atoms with Crippen LogP contribution in [0, 0.1) is 11.8 Å². The number of aliphatic carboxylic acids is 1. The molecule has 19 heavy (non-hydrogen) atoms. The van der Waals surface area contributed by atoms with E-state index >= 15 is 0 Å². The molecule has 0 aliphatic carbocycles. The fraction of sp³-hybridized carbons (Fsp3) is 0.933. The largest absolute Gasteiger partial charge is 0.481 e. The minimum absolute atomic E-state index is 0.277. The standard InChI is InChI=1S/C15H28N2O2/c1-12-8-13(2)10-17(9-12)14-4-3-6-16(11-14)7-5-15(18)19/h12-14H,3-11H2,1-2H3,(H,18,19). The molecule has 0 radical (unpaired) electrons. The Morgan fingerprint density at radius 3 is 2.53 bits per heavy atom. The molecule has 2 aliphatic rings. The van der Waals surface area contributed by atoms with Gasteiger partial charge in [0.2, 0.25) is 0 Å². The normalized spacial score (nSPS) is 34.3. The molecule has 0 spiro atoms. The summed E-state index contributed by atoms with van der Waals surface area (Å²) in [6, 6.07) is 0.646. The Labute approximate surface area is 116 Å². The van der Waals surface area contributed by atoms with Crippen LogP contribution in [0.25, 0.3) is 0 Å². The van der Waals surface area contributed by atoms with Gasteiger partial charge in [0.05, 0.1) is 6.42 Å². The smallest absolute Gasteiger partial charge is 0.304 e. The third-order valence-electron chi connectivity index (χ3n) is 4.54. The third-order valence-corrected chi connectivity index (χ3v) is 4.54. The van der Waals surface area contributed by atoms with Gasteiger partial charge >= 0.3 is 5.97 Å². The molecule has 2 fully saturated rings. The maximum absolute atomic E-state index is 10.7. The zero-order valence-corrected chi connectivity index (χ0v) is 12.3. The SMILES string of the molecule is CC1CC(C)CN(C2CCCN(CCC(=O)O)C2)C1. The third kappa shape index (κ3) is 4.46. The Morgan fingerprint density at radius 2 is 1.89 bits per heavy atom. The van der Waals surface area contributed by atoms with E-state index in [1.165, 1.54) is 32.4 Å². The second kappa shape index (κ2) is 6.71. The van der Waals surface area contributed by atoms with E-state index in [1.807, 2.05) is 0 Å². The minimum Gasteiger partial charge on any atom is -0.481 e. The van der Waals surface area contributed by atoms with Crippen LogP contribution >= 0.6 is 0 Å². The summed E-state index contributed by atoms with van der Waals surface area (Å²) in [7, 11) is 0. The Bertz CT molecular complexity index is 299. The van der Waals surface area contributed by atoms with Gasteiger partial charge < -0.3 is 10.0 Å². The number of nitrogens with zero attached hydrogens (tertiary/aromatic N) is 2. The highest BCUT2D eigenvalue weighted by molar-refractivity contribution is 5.66. The Hall–Kier alpha value is -0.610. The highest BCUT2D eigenvalue weighted by Gasteiger charge is 2.30. The van der Waals surface area contributed by atoms with Crippen LogP contribution in [-0.2, 0) is 4.79 Å². The Balaban J connectivity index is 1.84. The lowest BCUT2D eigenvalue weighted by atomic mass is 9.89. The van der Waals surface area contributed by atoms with Gasteiger partial charge in [0.25, 0.3) is 0 Å². The summed E-state index contributed by atoms with van der Waals surface area (Å²) in [6.45, 7) is 10.0. The van der Waals surface area contributed by atoms with E-state index < -0.39 is 5.97 Å². The molecule has 2 rings (SSSR count). The maximum Gasteiger partial charge on any atom is 0.304 e. The second-order valence-corrected chi connectivity index (χ2v) is 6.64. The average molecular weight is 268 g/mol. The molecule has 0 amide bonds. The summed E-state index contributed by atoms with van der Waals surface area (Å²) in [5, 5.41) is 8.79. The van der Waals surface area contributed by atoms with E-state index in [1.54, 1.807) is 0 Å². The van der Waals surface area contributed by atoms with Crippen molar-refractivity contribution in [1.29, 1.82) is 0 Å². The fourth-order valence-corrected chi connectivity index (χ4v) is 3.80. The molecule has 110 valence electrons. The number of carboxylic acids is 1. The molecule has 4 heteroatoms. The predicted molar refractivity (Wildman–Crippen MR) is 76.2 cm³/mol. The van der Waals surface area contributed by atoms with Crippen molar-refractivity contribution in [2.75, 3.05) is 32.7 Å². The number of carbonyl (C=O) groups is 1. The van der Waals surface area contributed by atoms with E-state index in [9.17, 15) is 4.79 Å². The van der Waals surface area contributed by atoms with Crippen LogP contribution < -0.4 is 0 Å². The summed E-state index contributed by atoms with van der Waals surface area (Å²) in [4.78, 5) is 15.7. The second-order valence-electron chi connectivity index (χ2n) is 6.64. The monoisotopic (exact) mass is 268 g/mol. The summed E-state index contributed by atoms with van der Waals surface area (Å²) in [6.07, 6.45) is 4.12. The van der Waals surface area contributed by atoms with Crippen LogP contribution in [0.15, 0.2) is 0 Å². The molecule has 2 saturated heterocycles. The predicted octanol–water partition coefficient (Wildman–Crippen LogP) is 1.90. The summed E-state index contributed by atoms with van der Waals surface area (Å²) >= 11 is 0. The van der Waals surface area contributed by atoms with Crippen molar-refractivity contribution in [2.24, 2.45) is 11.8 Å². The first-order valence-corrected chi connectivity index (χ1v) is 7.72. The van der Waals surface area contributed by atoms with Gasteiger partial charge in [-0.15, -0.1) is 0 Å². The van der Waals surface area contributed by atoms with Gasteiger partial charge in [0, 0.05) is 32.2 Å². The molecular formula is C15H28N2O2. The lowest BCUT2D eigenvalue weighted by Gasteiger charge is -2.44. The zero-order chi connectivity index (χ0) is 13.8. The van der Waals surface area contributed by atoms with E-state index in [0.29, 0.717) is 12.6 Å². The first kappa shape index (κ1) is 14.8. The molecule has 0 aromatic carbocycles.